The van der Waals surface area contributed by atoms with Crippen LogP contribution in [0.1, 0.15) is 29.9 Å². The van der Waals surface area contributed by atoms with Gasteiger partial charge in [0.1, 0.15) is 0 Å². The number of amides is 1. The Morgan fingerprint density at radius 1 is 1.26 bits per heavy atom. The number of fused-ring (bicyclic) bond motifs is 2. The molecule has 1 aliphatic carbocycles. The van der Waals surface area contributed by atoms with Gasteiger partial charge in [0, 0.05) is 42.8 Å². The molecule has 1 aromatic carbocycles. The summed E-state index contributed by atoms with van der Waals surface area (Å²) in [6, 6.07) is 10.4. The third-order valence-electron chi connectivity index (χ3n) is 6.96. The molecule has 1 saturated carbocycles. The Bertz CT molecular complexity index is 837. The third kappa shape index (κ3) is 2.91. The van der Waals surface area contributed by atoms with Crippen LogP contribution in [-0.4, -0.2) is 61.6 Å². The zero-order valence-corrected chi connectivity index (χ0v) is 17.1. The first-order chi connectivity index (χ1) is 13.0. The number of rotatable bonds is 3. The van der Waals surface area contributed by atoms with Crippen molar-refractivity contribution in [2.45, 2.75) is 20.3 Å². The smallest absolute Gasteiger partial charge is 0.263 e. The van der Waals surface area contributed by atoms with E-state index in [2.05, 4.69) is 41.8 Å². The minimum Gasteiger partial charge on any atom is -0.379 e. The first-order valence-electron chi connectivity index (χ1n) is 10.0. The standard InChI is InChI=1S/C22H28N2O2S/c1-21(2)13-22(14-23-7-9-26-10-8-23)15-24(12-19(21)22)20(25)18-11-16-5-3-4-6-17(16)27-18/h3-6,11,19H,7-10,12-15H2,1-2H3/t19-,22+/m1/s1. The van der Waals surface area contributed by atoms with E-state index in [1.54, 1.807) is 11.3 Å². The Balaban J connectivity index is 1.37. The van der Waals surface area contributed by atoms with Gasteiger partial charge in [-0.15, -0.1) is 11.3 Å². The number of ether oxygens (including phenoxy) is 1. The molecule has 0 bridgehead atoms. The molecular formula is C22H28N2O2S. The van der Waals surface area contributed by atoms with Crippen molar-refractivity contribution < 1.29 is 9.53 Å². The van der Waals surface area contributed by atoms with Gasteiger partial charge in [-0.05, 0) is 35.3 Å². The van der Waals surface area contributed by atoms with Gasteiger partial charge in [0.2, 0.25) is 0 Å². The molecule has 0 unspecified atom stereocenters. The molecule has 2 atom stereocenters. The number of morpholine rings is 1. The minimum atomic E-state index is 0.225. The third-order valence-corrected chi connectivity index (χ3v) is 8.07. The van der Waals surface area contributed by atoms with Crippen molar-refractivity contribution in [2.75, 3.05) is 45.9 Å². The number of hydrogen-bond acceptors (Lipinski definition) is 4. The van der Waals surface area contributed by atoms with Gasteiger partial charge in [-0.25, -0.2) is 0 Å². The summed E-state index contributed by atoms with van der Waals surface area (Å²) in [6.07, 6.45) is 1.22. The van der Waals surface area contributed by atoms with Gasteiger partial charge in [0.05, 0.1) is 18.1 Å². The highest BCUT2D eigenvalue weighted by atomic mass is 32.1. The Morgan fingerprint density at radius 3 is 2.78 bits per heavy atom. The zero-order valence-electron chi connectivity index (χ0n) is 16.2. The summed E-state index contributed by atoms with van der Waals surface area (Å²) in [6.45, 7) is 11.4. The molecule has 5 heteroatoms. The molecule has 1 aromatic heterocycles. The van der Waals surface area contributed by atoms with Crippen molar-refractivity contribution in [3.05, 3.63) is 35.2 Å². The fourth-order valence-electron chi connectivity index (χ4n) is 5.94. The minimum absolute atomic E-state index is 0.225. The maximum Gasteiger partial charge on any atom is 0.263 e. The molecule has 3 aliphatic rings. The number of carbonyl (C=O) groups excluding carboxylic acids is 1. The van der Waals surface area contributed by atoms with Crippen LogP contribution in [0.5, 0.6) is 0 Å². The van der Waals surface area contributed by atoms with Crippen molar-refractivity contribution in [2.24, 2.45) is 16.7 Å². The lowest BCUT2D eigenvalue weighted by atomic mass is 9.48. The highest BCUT2D eigenvalue weighted by molar-refractivity contribution is 7.20. The van der Waals surface area contributed by atoms with Gasteiger partial charge in [-0.1, -0.05) is 32.0 Å². The van der Waals surface area contributed by atoms with Crippen LogP contribution < -0.4 is 0 Å². The summed E-state index contributed by atoms with van der Waals surface area (Å²) < 4.78 is 6.72. The topological polar surface area (TPSA) is 32.8 Å². The van der Waals surface area contributed by atoms with Crippen LogP contribution in [0.3, 0.4) is 0 Å². The molecule has 3 fully saturated rings. The van der Waals surface area contributed by atoms with Crippen LogP contribution in [0.15, 0.2) is 30.3 Å². The van der Waals surface area contributed by atoms with Crippen LogP contribution in [0.2, 0.25) is 0 Å². The van der Waals surface area contributed by atoms with Crippen molar-refractivity contribution in [1.82, 2.24) is 9.80 Å². The number of benzene rings is 1. The molecule has 0 N–H and O–H groups in total. The second-order valence-electron chi connectivity index (χ2n) is 9.30. The molecular weight excluding hydrogens is 356 g/mol. The Kier molecular flexibility index (Phi) is 4.12. The number of likely N-dealkylation sites (tertiary alicyclic amines) is 1. The second kappa shape index (κ2) is 6.29. The zero-order chi connectivity index (χ0) is 18.6. The summed E-state index contributed by atoms with van der Waals surface area (Å²) in [5.74, 6) is 0.828. The quantitative estimate of drug-likeness (QED) is 0.809. The summed E-state index contributed by atoms with van der Waals surface area (Å²) >= 11 is 1.63. The molecule has 2 aliphatic heterocycles. The monoisotopic (exact) mass is 384 g/mol. The molecule has 3 heterocycles. The highest BCUT2D eigenvalue weighted by Crippen LogP contribution is 2.63. The predicted molar refractivity (Wildman–Crippen MR) is 109 cm³/mol. The summed E-state index contributed by atoms with van der Waals surface area (Å²) in [4.78, 5) is 18.9. The fourth-order valence-corrected chi connectivity index (χ4v) is 6.97. The predicted octanol–water partition coefficient (Wildman–Crippen LogP) is 3.72. The van der Waals surface area contributed by atoms with Gasteiger partial charge in [-0.3, -0.25) is 9.69 Å². The van der Waals surface area contributed by atoms with E-state index in [1.165, 1.54) is 16.5 Å². The Morgan fingerprint density at radius 2 is 2.04 bits per heavy atom. The summed E-state index contributed by atoms with van der Waals surface area (Å²) in [7, 11) is 0. The lowest BCUT2D eigenvalue weighted by Gasteiger charge is -2.58. The summed E-state index contributed by atoms with van der Waals surface area (Å²) in [5, 5.41) is 1.18. The summed E-state index contributed by atoms with van der Waals surface area (Å²) in [5.41, 5.74) is 0.606. The van der Waals surface area contributed by atoms with E-state index in [4.69, 9.17) is 4.74 Å². The fraction of sp³-hybridized carbons (Fsp3) is 0.591. The van der Waals surface area contributed by atoms with Crippen molar-refractivity contribution in [3.63, 3.8) is 0 Å². The SMILES string of the molecule is CC1(C)C[C@]2(CN3CCOCC3)CN(C(=O)c3cc4ccccc4s3)C[C@H]12. The first-order valence-corrected chi connectivity index (χ1v) is 10.9. The van der Waals surface area contributed by atoms with Crippen LogP contribution in [0.25, 0.3) is 10.1 Å². The molecule has 27 heavy (non-hydrogen) atoms. The van der Waals surface area contributed by atoms with E-state index in [0.29, 0.717) is 11.3 Å². The maximum absolute atomic E-state index is 13.3. The number of nitrogens with zero attached hydrogens (tertiary/aromatic N) is 2. The van der Waals surface area contributed by atoms with Crippen molar-refractivity contribution >= 4 is 27.3 Å². The molecule has 4 nitrogen and oxygen atoms in total. The van der Waals surface area contributed by atoms with Gasteiger partial charge in [0.25, 0.3) is 5.91 Å². The first kappa shape index (κ1) is 17.7. The number of hydrogen-bond donors (Lipinski definition) is 0. The van der Waals surface area contributed by atoms with Crippen LogP contribution in [0, 0.1) is 16.7 Å². The lowest BCUT2D eigenvalue weighted by molar-refractivity contribution is -0.0966. The van der Waals surface area contributed by atoms with Gasteiger partial charge in [0.15, 0.2) is 0 Å². The largest absolute Gasteiger partial charge is 0.379 e. The molecule has 0 radical (unpaired) electrons. The second-order valence-corrected chi connectivity index (χ2v) is 10.4. The van der Waals surface area contributed by atoms with Crippen LogP contribution in [-0.2, 0) is 4.74 Å². The van der Waals surface area contributed by atoms with E-state index < -0.39 is 0 Å². The van der Waals surface area contributed by atoms with Crippen LogP contribution >= 0.6 is 11.3 Å². The van der Waals surface area contributed by atoms with E-state index in [-0.39, 0.29) is 11.3 Å². The lowest BCUT2D eigenvalue weighted by Crippen LogP contribution is -2.59. The van der Waals surface area contributed by atoms with E-state index >= 15 is 0 Å². The van der Waals surface area contributed by atoms with Gasteiger partial charge < -0.3 is 9.64 Å². The van der Waals surface area contributed by atoms with Gasteiger partial charge in [-0.2, -0.15) is 0 Å². The highest BCUT2D eigenvalue weighted by Gasteiger charge is 2.63. The van der Waals surface area contributed by atoms with E-state index in [0.717, 1.165) is 50.8 Å². The average molecular weight is 385 g/mol. The molecule has 2 aromatic rings. The number of carbonyl (C=O) groups is 1. The number of thiophene rings is 1. The van der Waals surface area contributed by atoms with E-state index in [9.17, 15) is 4.79 Å². The average Bonchev–Trinajstić information content (AvgIpc) is 3.21. The van der Waals surface area contributed by atoms with E-state index in [1.807, 2.05) is 12.1 Å². The Labute approximate surface area is 165 Å². The molecule has 144 valence electrons. The molecule has 0 spiro atoms. The molecule has 2 saturated heterocycles. The maximum atomic E-state index is 13.3. The van der Waals surface area contributed by atoms with Crippen molar-refractivity contribution in [3.8, 4) is 0 Å². The molecule has 1 amide bonds. The van der Waals surface area contributed by atoms with Crippen LogP contribution in [0.4, 0.5) is 0 Å². The Hall–Kier alpha value is -1.43. The van der Waals surface area contributed by atoms with Gasteiger partial charge >= 0.3 is 0 Å². The normalized spacial score (nSPS) is 30.3. The molecule has 5 rings (SSSR count). The van der Waals surface area contributed by atoms with Crippen molar-refractivity contribution in [1.29, 1.82) is 0 Å².